The highest BCUT2D eigenvalue weighted by Gasteiger charge is 2.35. The fraction of sp³-hybridized carbons (Fsp3) is 0.231. The van der Waals surface area contributed by atoms with Crippen molar-refractivity contribution in [3.05, 3.63) is 35.1 Å². The van der Waals surface area contributed by atoms with Crippen molar-refractivity contribution in [3.63, 3.8) is 0 Å². The Bertz CT molecular complexity index is 550. The van der Waals surface area contributed by atoms with Gasteiger partial charge in [0.25, 0.3) is 0 Å². The van der Waals surface area contributed by atoms with E-state index in [1.807, 2.05) is 0 Å². The van der Waals surface area contributed by atoms with Crippen molar-refractivity contribution in [1.29, 1.82) is 0 Å². The van der Waals surface area contributed by atoms with E-state index in [0.29, 0.717) is 16.8 Å². The van der Waals surface area contributed by atoms with Crippen LogP contribution in [0.2, 0.25) is 0 Å². The molecule has 1 heterocycles. The SMILES string of the molecule is C#CC1=NC(C)(C)C(=O)c2cc(F)ccc21. The number of carbonyl (C=O) groups excluding carboxylic acids is 1. The third-order valence-electron chi connectivity index (χ3n) is 2.57. The van der Waals surface area contributed by atoms with Crippen LogP contribution in [-0.4, -0.2) is 17.0 Å². The number of benzene rings is 1. The average molecular weight is 215 g/mol. The van der Waals surface area contributed by atoms with Crippen LogP contribution in [-0.2, 0) is 0 Å². The van der Waals surface area contributed by atoms with Crippen molar-refractivity contribution < 1.29 is 9.18 Å². The lowest BCUT2D eigenvalue weighted by Crippen LogP contribution is -2.36. The van der Waals surface area contributed by atoms with Gasteiger partial charge in [0, 0.05) is 11.1 Å². The Morgan fingerprint density at radius 3 is 2.69 bits per heavy atom. The van der Waals surface area contributed by atoms with Gasteiger partial charge in [-0.2, -0.15) is 0 Å². The van der Waals surface area contributed by atoms with Crippen LogP contribution in [0.4, 0.5) is 4.39 Å². The summed E-state index contributed by atoms with van der Waals surface area (Å²) in [5.41, 5.74) is 0.337. The zero-order chi connectivity index (χ0) is 11.9. The lowest BCUT2D eigenvalue weighted by molar-refractivity contribution is 0.0912. The Hall–Kier alpha value is -1.95. The summed E-state index contributed by atoms with van der Waals surface area (Å²) >= 11 is 0. The molecule has 80 valence electrons. The van der Waals surface area contributed by atoms with E-state index >= 15 is 0 Å². The van der Waals surface area contributed by atoms with Gasteiger partial charge in [-0.15, -0.1) is 6.42 Å². The van der Waals surface area contributed by atoms with Crippen molar-refractivity contribution in [3.8, 4) is 12.3 Å². The van der Waals surface area contributed by atoms with E-state index in [0.717, 1.165) is 0 Å². The standard InChI is InChI=1S/C13H10FNO/c1-4-11-9-6-5-8(14)7-10(9)12(16)13(2,3)15-11/h1,5-7H,2-3H3. The number of Topliss-reactive ketones (excluding diaryl/α,β-unsaturated/α-hetero) is 1. The molecule has 0 saturated heterocycles. The number of ketones is 1. The summed E-state index contributed by atoms with van der Waals surface area (Å²) in [4.78, 5) is 16.2. The van der Waals surface area contributed by atoms with Gasteiger partial charge in [0.1, 0.15) is 17.1 Å². The van der Waals surface area contributed by atoms with Gasteiger partial charge in [-0.3, -0.25) is 9.79 Å². The van der Waals surface area contributed by atoms with E-state index in [4.69, 9.17) is 6.42 Å². The predicted octanol–water partition coefficient (Wildman–Crippen LogP) is 2.22. The molecule has 0 aliphatic carbocycles. The molecule has 1 aromatic carbocycles. The summed E-state index contributed by atoms with van der Waals surface area (Å²) in [6, 6.07) is 3.99. The van der Waals surface area contributed by atoms with E-state index in [2.05, 4.69) is 10.9 Å². The third kappa shape index (κ3) is 1.43. The van der Waals surface area contributed by atoms with Crippen molar-refractivity contribution in [2.45, 2.75) is 19.4 Å². The summed E-state index contributed by atoms with van der Waals surface area (Å²) in [6.07, 6.45) is 5.34. The van der Waals surface area contributed by atoms with Crippen LogP contribution >= 0.6 is 0 Å². The Kier molecular flexibility index (Phi) is 2.16. The molecule has 1 aliphatic rings. The molecule has 0 saturated carbocycles. The molecule has 2 nitrogen and oxygen atoms in total. The summed E-state index contributed by atoms with van der Waals surface area (Å²) in [7, 11) is 0. The van der Waals surface area contributed by atoms with Gasteiger partial charge >= 0.3 is 0 Å². The number of aliphatic imine (C=N–C) groups is 1. The molecule has 0 fully saturated rings. The van der Waals surface area contributed by atoms with Crippen LogP contribution in [0.1, 0.15) is 29.8 Å². The lowest BCUT2D eigenvalue weighted by atomic mass is 9.85. The van der Waals surface area contributed by atoms with Gasteiger partial charge in [-0.1, -0.05) is 5.92 Å². The molecule has 1 aromatic rings. The highest BCUT2D eigenvalue weighted by Crippen LogP contribution is 2.27. The molecular weight excluding hydrogens is 205 g/mol. The van der Waals surface area contributed by atoms with Gasteiger partial charge in [0.05, 0.1) is 0 Å². The Morgan fingerprint density at radius 1 is 1.38 bits per heavy atom. The molecule has 0 amide bonds. The van der Waals surface area contributed by atoms with Gasteiger partial charge < -0.3 is 0 Å². The number of terminal acetylenes is 1. The molecule has 16 heavy (non-hydrogen) atoms. The number of halogens is 1. The van der Waals surface area contributed by atoms with Crippen molar-refractivity contribution in [1.82, 2.24) is 0 Å². The van der Waals surface area contributed by atoms with Crippen LogP contribution in [0.25, 0.3) is 0 Å². The van der Waals surface area contributed by atoms with Crippen LogP contribution in [0.3, 0.4) is 0 Å². The van der Waals surface area contributed by atoms with Crippen molar-refractivity contribution in [2.24, 2.45) is 4.99 Å². The summed E-state index contributed by atoms with van der Waals surface area (Å²) in [5, 5.41) is 0. The molecule has 0 N–H and O–H groups in total. The average Bonchev–Trinajstić information content (AvgIpc) is 2.24. The van der Waals surface area contributed by atoms with Crippen LogP contribution in [0, 0.1) is 18.2 Å². The highest BCUT2D eigenvalue weighted by atomic mass is 19.1. The molecule has 3 heteroatoms. The molecular formula is C13H10FNO. The minimum atomic E-state index is -0.914. The number of carbonyl (C=O) groups is 1. The summed E-state index contributed by atoms with van der Waals surface area (Å²) in [6.45, 7) is 3.33. The zero-order valence-corrected chi connectivity index (χ0v) is 9.04. The minimum Gasteiger partial charge on any atom is -0.291 e. The Labute approximate surface area is 93.2 Å². The molecule has 0 radical (unpaired) electrons. The van der Waals surface area contributed by atoms with Gasteiger partial charge in [0.15, 0.2) is 5.78 Å². The van der Waals surface area contributed by atoms with Crippen molar-refractivity contribution >= 4 is 11.5 Å². The van der Waals surface area contributed by atoms with Crippen LogP contribution in [0.5, 0.6) is 0 Å². The molecule has 0 atom stereocenters. The molecule has 0 spiro atoms. The maximum absolute atomic E-state index is 13.1. The van der Waals surface area contributed by atoms with Crippen molar-refractivity contribution in [2.75, 3.05) is 0 Å². The first-order valence-electron chi connectivity index (χ1n) is 4.87. The first-order chi connectivity index (χ1) is 7.45. The van der Waals surface area contributed by atoms with Gasteiger partial charge in [0.2, 0.25) is 0 Å². The largest absolute Gasteiger partial charge is 0.291 e. The van der Waals surface area contributed by atoms with Crippen LogP contribution < -0.4 is 0 Å². The summed E-state index contributed by atoms with van der Waals surface area (Å²) in [5.74, 6) is 1.78. The number of nitrogens with zero attached hydrogens (tertiary/aromatic N) is 1. The number of rotatable bonds is 0. The zero-order valence-electron chi connectivity index (χ0n) is 9.04. The van der Waals surface area contributed by atoms with E-state index in [9.17, 15) is 9.18 Å². The van der Waals surface area contributed by atoms with E-state index in [-0.39, 0.29) is 5.78 Å². The topological polar surface area (TPSA) is 29.4 Å². The summed E-state index contributed by atoms with van der Waals surface area (Å²) < 4.78 is 13.1. The monoisotopic (exact) mass is 215 g/mol. The third-order valence-corrected chi connectivity index (χ3v) is 2.57. The quantitative estimate of drug-likeness (QED) is 0.610. The van der Waals surface area contributed by atoms with Gasteiger partial charge in [-0.25, -0.2) is 4.39 Å². The second kappa shape index (κ2) is 3.28. The van der Waals surface area contributed by atoms with E-state index < -0.39 is 11.4 Å². The Morgan fingerprint density at radius 2 is 2.06 bits per heavy atom. The number of hydrogen-bond donors (Lipinski definition) is 0. The maximum atomic E-state index is 13.1. The smallest absolute Gasteiger partial charge is 0.190 e. The van der Waals surface area contributed by atoms with Gasteiger partial charge in [-0.05, 0) is 32.0 Å². The highest BCUT2D eigenvalue weighted by molar-refractivity contribution is 6.23. The molecule has 1 aliphatic heterocycles. The van der Waals surface area contributed by atoms with E-state index in [1.54, 1.807) is 13.8 Å². The number of fused-ring (bicyclic) bond motifs is 1. The van der Waals surface area contributed by atoms with Crippen LogP contribution in [0.15, 0.2) is 23.2 Å². The van der Waals surface area contributed by atoms with E-state index in [1.165, 1.54) is 18.2 Å². The lowest BCUT2D eigenvalue weighted by Gasteiger charge is -2.25. The normalized spacial score (nSPS) is 17.4. The predicted molar refractivity (Wildman–Crippen MR) is 60.2 cm³/mol. The minimum absolute atomic E-state index is 0.207. The molecule has 2 rings (SSSR count). The fourth-order valence-corrected chi connectivity index (χ4v) is 1.74. The first kappa shape index (κ1) is 10.6. The molecule has 0 aromatic heterocycles. The molecule has 0 unspecified atom stereocenters. The first-order valence-corrected chi connectivity index (χ1v) is 4.87. The maximum Gasteiger partial charge on any atom is 0.190 e. The molecule has 0 bridgehead atoms. The second-order valence-electron chi connectivity index (χ2n) is 4.18. The Balaban J connectivity index is 2.75. The second-order valence-corrected chi connectivity index (χ2v) is 4.18. The fourth-order valence-electron chi connectivity index (χ4n) is 1.74. The number of hydrogen-bond acceptors (Lipinski definition) is 2.